The van der Waals surface area contributed by atoms with Crippen molar-refractivity contribution in [3.63, 3.8) is 0 Å². The summed E-state index contributed by atoms with van der Waals surface area (Å²) in [6.45, 7) is 8.04. The zero-order valence-corrected chi connectivity index (χ0v) is 10.7. The Morgan fingerprint density at radius 1 is 1.44 bits per heavy atom. The third-order valence-electron chi connectivity index (χ3n) is 3.82. The van der Waals surface area contributed by atoms with Gasteiger partial charge in [0.25, 0.3) is 0 Å². The lowest BCUT2D eigenvalue weighted by Crippen LogP contribution is -2.50. The number of amides is 1. The van der Waals surface area contributed by atoms with E-state index >= 15 is 0 Å². The van der Waals surface area contributed by atoms with Crippen molar-refractivity contribution in [2.75, 3.05) is 0 Å². The highest BCUT2D eigenvalue weighted by Crippen LogP contribution is 2.34. The molecule has 0 aromatic rings. The molecule has 1 saturated carbocycles. The van der Waals surface area contributed by atoms with Crippen molar-refractivity contribution in [1.82, 2.24) is 5.32 Å². The van der Waals surface area contributed by atoms with Gasteiger partial charge in [-0.3, -0.25) is 4.79 Å². The number of nitrogens with one attached hydrogen (secondary N) is 1. The van der Waals surface area contributed by atoms with Crippen molar-refractivity contribution < 1.29 is 4.79 Å². The second-order valence-electron chi connectivity index (χ2n) is 5.25. The molecule has 0 saturated heterocycles. The smallest absolute Gasteiger partial charge is 0.243 e. The summed E-state index contributed by atoms with van der Waals surface area (Å²) in [5, 5.41) is 3.19. The standard InChI is InChI=1S/C14H25NO/c1-4-12(3)11-14(15-13(16)5-2)9-7-6-8-10-14/h5,12H,2,4,6-11H2,1,3H3,(H,15,16)/t12-/m0/s1. The fourth-order valence-electron chi connectivity index (χ4n) is 2.73. The Bertz CT molecular complexity index is 241. The Hall–Kier alpha value is -0.790. The lowest BCUT2D eigenvalue weighted by atomic mass is 9.75. The van der Waals surface area contributed by atoms with Crippen LogP contribution in [0.4, 0.5) is 0 Å². The van der Waals surface area contributed by atoms with E-state index in [9.17, 15) is 4.79 Å². The third-order valence-corrected chi connectivity index (χ3v) is 3.82. The zero-order valence-electron chi connectivity index (χ0n) is 10.7. The summed E-state index contributed by atoms with van der Waals surface area (Å²) in [6.07, 6.45) is 9.77. The Labute approximate surface area is 99.5 Å². The van der Waals surface area contributed by atoms with Crippen molar-refractivity contribution >= 4 is 5.91 Å². The van der Waals surface area contributed by atoms with Crippen LogP contribution in [0.5, 0.6) is 0 Å². The van der Waals surface area contributed by atoms with Crippen LogP contribution in [0.1, 0.15) is 58.8 Å². The number of carbonyl (C=O) groups is 1. The van der Waals surface area contributed by atoms with Crippen LogP contribution in [0.15, 0.2) is 12.7 Å². The van der Waals surface area contributed by atoms with Gasteiger partial charge in [-0.2, -0.15) is 0 Å². The number of hydrogen-bond donors (Lipinski definition) is 1. The minimum atomic E-state index is -0.00907. The van der Waals surface area contributed by atoms with Crippen molar-refractivity contribution in [2.24, 2.45) is 5.92 Å². The van der Waals surface area contributed by atoms with E-state index in [4.69, 9.17) is 0 Å². The molecule has 0 aromatic heterocycles. The fourth-order valence-corrected chi connectivity index (χ4v) is 2.73. The maximum absolute atomic E-state index is 11.5. The molecule has 1 aliphatic carbocycles. The quantitative estimate of drug-likeness (QED) is 0.711. The van der Waals surface area contributed by atoms with E-state index in [2.05, 4.69) is 25.7 Å². The van der Waals surface area contributed by atoms with Gasteiger partial charge >= 0.3 is 0 Å². The first-order valence-corrected chi connectivity index (χ1v) is 6.56. The molecule has 0 heterocycles. The summed E-state index contributed by atoms with van der Waals surface area (Å²) < 4.78 is 0. The minimum Gasteiger partial charge on any atom is -0.347 e. The molecule has 1 amide bonds. The van der Waals surface area contributed by atoms with Gasteiger partial charge in [-0.15, -0.1) is 0 Å². The van der Waals surface area contributed by atoms with Crippen LogP contribution in [0.2, 0.25) is 0 Å². The van der Waals surface area contributed by atoms with E-state index in [1.165, 1.54) is 31.8 Å². The van der Waals surface area contributed by atoms with Crippen molar-refractivity contribution in [1.29, 1.82) is 0 Å². The van der Waals surface area contributed by atoms with E-state index in [0.29, 0.717) is 5.92 Å². The summed E-state index contributed by atoms with van der Waals surface area (Å²) in [6, 6.07) is 0. The summed E-state index contributed by atoms with van der Waals surface area (Å²) in [4.78, 5) is 11.5. The van der Waals surface area contributed by atoms with Crippen molar-refractivity contribution in [3.05, 3.63) is 12.7 Å². The maximum atomic E-state index is 11.5. The predicted molar refractivity (Wildman–Crippen MR) is 68.2 cm³/mol. The van der Waals surface area contributed by atoms with Crippen LogP contribution in [-0.2, 0) is 4.79 Å². The van der Waals surface area contributed by atoms with Gasteiger partial charge in [-0.05, 0) is 31.3 Å². The SMILES string of the molecule is C=CC(=O)NC1(C[C@@H](C)CC)CCCCC1. The Balaban J connectivity index is 2.66. The molecule has 0 spiro atoms. The van der Waals surface area contributed by atoms with Crippen LogP contribution in [0.25, 0.3) is 0 Å². The van der Waals surface area contributed by atoms with Crippen molar-refractivity contribution in [2.45, 2.75) is 64.3 Å². The number of carbonyl (C=O) groups excluding carboxylic acids is 1. The van der Waals surface area contributed by atoms with E-state index in [1.54, 1.807) is 0 Å². The molecule has 0 bridgehead atoms. The van der Waals surface area contributed by atoms with Crippen LogP contribution in [0.3, 0.4) is 0 Å². The molecular weight excluding hydrogens is 198 g/mol. The molecule has 1 rings (SSSR count). The molecule has 1 atom stereocenters. The van der Waals surface area contributed by atoms with Crippen LogP contribution in [-0.4, -0.2) is 11.4 Å². The largest absolute Gasteiger partial charge is 0.347 e. The topological polar surface area (TPSA) is 29.1 Å². The fraction of sp³-hybridized carbons (Fsp3) is 0.786. The van der Waals surface area contributed by atoms with Crippen LogP contribution < -0.4 is 5.32 Å². The summed E-state index contributed by atoms with van der Waals surface area (Å²) >= 11 is 0. The first kappa shape index (κ1) is 13.3. The van der Waals surface area contributed by atoms with Crippen LogP contribution in [0, 0.1) is 5.92 Å². The summed E-state index contributed by atoms with van der Waals surface area (Å²) in [5.41, 5.74) is 0.0545. The molecule has 1 fully saturated rings. The second kappa shape index (κ2) is 6.07. The Morgan fingerprint density at radius 3 is 2.56 bits per heavy atom. The number of rotatable bonds is 5. The highest BCUT2D eigenvalue weighted by Gasteiger charge is 2.33. The van der Waals surface area contributed by atoms with Gasteiger partial charge in [0.05, 0.1) is 0 Å². The van der Waals surface area contributed by atoms with Gasteiger partial charge in [0.15, 0.2) is 0 Å². The lowest BCUT2D eigenvalue weighted by molar-refractivity contribution is -0.119. The van der Waals surface area contributed by atoms with Gasteiger partial charge < -0.3 is 5.32 Å². The first-order chi connectivity index (χ1) is 7.62. The lowest BCUT2D eigenvalue weighted by Gasteiger charge is -2.39. The minimum absolute atomic E-state index is 0.00907. The molecule has 0 unspecified atom stereocenters. The molecular formula is C14H25NO. The monoisotopic (exact) mass is 223 g/mol. The van der Waals surface area contributed by atoms with Gasteiger partial charge in [-0.1, -0.05) is 46.1 Å². The van der Waals surface area contributed by atoms with E-state index in [1.807, 2.05) is 0 Å². The molecule has 2 nitrogen and oxygen atoms in total. The molecule has 1 aliphatic rings. The normalized spacial score (nSPS) is 21.1. The average Bonchev–Trinajstić information content (AvgIpc) is 2.29. The average molecular weight is 223 g/mol. The Kier molecular flexibility index (Phi) is 5.04. The molecule has 2 heteroatoms. The molecule has 0 aliphatic heterocycles. The van der Waals surface area contributed by atoms with Crippen molar-refractivity contribution in [3.8, 4) is 0 Å². The second-order valence-corrected chi connectivity index (χ2v) is 5.25. The highest BCUT2D eigenvalue weighted by molar-refractivity contribution is 5.87. The van der Waals surface area contributed by atoms with E-state index < -0.39 is 0 Å². The summed E-state index contributed by atoms with van der Waals surface area (Å²) in [7, 11) is 0. The summed E-state index contributed by atoms with van der Waals surface area (Å²) in [5.74, 6) is 0.674. The molecule has 1 N–H and O–H groups in total. The highest BCUT2D eigenvalue weighted by atomic mass is 16.1. The predicted octanol–water partition coefficient (Wildman–Crippen LogP) is 3.43. The van der Waals surface area contributed by atoms with E-state index in [-0.39, 0.29) is 11.4 Å². The van der Waals surface area contributed by atoms with Gasteiger partial charge in [0.1, 0.15) is 0 Å². The Morgan fingerprint density at radius 2 is 2.06 bits per heavy atom. The molecule has 0 radical (unpaired) electrons. The maximum Gasteiger partial charge on any atom is 0.243 e. The van der Waals surface area contributed by atoms with E-state index in [0.717, 1.165) is 19.3 Å². The molecule has 16 heavy (non-hydrogen) atoms. The van der Waals surface area contributed by atoms with Gasteiger partial charge in [0.2, 0.25) is 5.91 Å². The first-order valence-electron chi connectivity index (χ1n) is 6.56. The number of hydrogen-bond acceptors (Lipinski definition) is 1. The molecule has 92 valence electrons. The third kappa shape index (κ3) is 3.66. The molecule has 0 aromatic carbocycles. The zero-order chi connectivity index (χ0) is 12.0. The van der Waals surface area contributed by atoms with Gasteiger partial charge in [0, 0.05) is 5.54 Å². The van der Waals surface area contributed by atoms with Crippen LogP contribution >= 0.6 is 0 Å². The van der Waals surface area contributed by atoms with Gasteiger partial charge in [-0.25, -0.2) is 0 Å².